The third-order valence-electron chi connectivity index (χ3n) is 2.12. The third-order valence-corrected chi connectivity index (χ3v) is 2.83. The van der Waals surface area contributed by atoms with Gasteiger partial charge in [0.05, 0.1) is 5.54 Å². The monoisotopic (exact) mass is 253 g/mol. The van der Waals surface area contributed by atoms with Crippen LogP contribution >= 0.6 is 23.2 Å². The van der Waals surface area contributed by atoms with E-state index < -0.39 is 12.0 Å². The van der Waals surface area contributed by atoms with Crippen molar-refractivity contribution in [1.29, 1.82) is 0 Å². The molecule has 0 spiro atoms. The van der Waals surface area contributed by atoms with Gasteiger partial charge in [0.15, 0.2) is 0 Å². The molecule has 0 radical (unpaired) electrons. The van der Waals surface area contributed by atoms with Gasteiger partial charge in [0.2, 0.25) is 0 Å². The Bertz CT molecular complexity index is 333. The SMILES string of the molecule is CC(N)(Cc1c(Cl)cccc1Cl)C(F)F. The molecule has 1 rings (SSSR count). The molecule has 1 unspecified atom stereocenters. The first-order valence-electron chi connectivity index (χ1n) is 4.34. The minimum absolute atomic E-state index is 0.0524. The van der Waals surface area contributed by atoms with E-state index >= 15 is 0 Å². The van der Waals surface area contributed by atoms with Crippen molar-refractivity contribution in [3.8, 4) is 0 Å². The summed E-state index contributed by atoms with van der Waals surface area (Å²) in [6, 6.07) is 4.86. The topological polar surface area (TPSA) is 26.0 Å². The number of alkyl halides is 2. The Labute approximate surface area is 97.2 Å². The summed E-state index contributed by atoms with van der Waals surface area (Å²) in [5.41, 5.74) is 4.31. The van der Waals surface area contributed by atoms with Crippen LogP contribution in [-0.2, 0) is 6.42 Å². The lowest BCUT2D eigenvalue weighted by Gasteiger charge is -2.24. The molecule has 1 aromatic carbocycles. The van der Waals surface area contributed by atoms with Gasteiger partial charge in [-0.25, -0.2) is 8.78 Å². The highest BCUT2D eigenvalue weighted by atomic mass is 35.5. The van der Waals surface area contributed by atoms with Gasteiger partial charge in [-0.2, -0.15) is 0 Å². The molecule has 0 fully saturated rings. The van der Waals surface area contributed by atoms with Gasteiger partial charge >= 0.3 is 0 Å². The molecular formula is C10H11Cl2F2N. The highest BCUT2D eigenvalue weighted by Gasteiger charge is 2.31. The molecule has 0 aliphatic rings. The molecule has 0 aromatic heterocycles. The summed E-state index contributed by atoms with van der Waals surface area (Å²) in [6.45, 7) is 1.28. The van der Waals surface area contributed by atoms with Gasteiger partial charge in [-0.3, -0.25) is 0 Å². The van der Waals surface area contributed by atoms with Crippen LogP contribution in [0.2, 0.25) is 10.0 Å². The maximum Gasteiger partial charge on any atom is 0.256 e. The van der Waals surface area contributed by atoms with E-state index in [4.69, 9.17) is 28.9 Å². The van der Waals surface area contributed by atoms with Crippen LogP contribution in [0.4, 0.5) is 8.78 Å². The number of hydrogen-bond acceptors (Lipinski definition) is 1. The minimum atomic E-state index is -2.62. The molecule has 0 saturated carbocycles. The van der Waals surface area contributed by atoms with Gasteiger partial charge in [-0.05, 0) is 31.0 Å². The molecule has 0 saturated heterocycles. The van der Waals surface area contributed by atoms with E-state index in [0.717, 1.165) is 0 Å². The van der Waals surface area contributed by atoms with Crippen LogP contribution in [0.5, 0.6) is 0 Å². The number of hydrogen-bond donors (Lipinski definition) is 1. The second kappa shape index (κ2) is 4.64. The first kappa shape index (κ1) is 12.7. The summed E-state index contributed by atoms with van der Waals surface area (Å²) in [5, 5.41) is 0.722. The molecule has 0 heterocycles. The van der Waals surface area contributed by atoms with Gasteiger partial charge in [-0.1, -0.05) is 29.3 Å². The molecule has 0 aliphatic heterocycles. The van der Waals surface area contributed by atoms with Crippen LogP contribution in [0.25, 0.3) is 0 Å². The number of nitrogens with two attached hydrogens (primary N) is 1. The predicted molar refractivity (Wildman–Crippen MR) is 58.8 cm³/mol. The van der Waals surface area contributed by atoms with Crippen molar-refractivity contribution < 1.29 is 8.78 Å². The van der Waals surface area contributed by atoms with Crippen molar-refractivity contribution in [1.82, 2.24) is 0 Å². The molecule has 0 bridgehead atoms. The lowest BCUT2D eigenvalue weighted by Crippen LogP contribution is -2.46. The van der Waals surface area contributed by atoms with Crippen molar-refractivity contribution in [2.75, 3.05) is 0 Å². The lowest BCUT2D eigenvalue weighted by molar-refractivity contribution is 0.0639. The Morgan fingerprint density at radius 2 is 1.80 bits per heavy atom. The van der Waals surface area contributed by atoms with E-state index in [1.165, 1.54) is 6.92 Å². The van der Waals surface area contributed by atoms with Gasteiger partial charge in [0.25, 0.3) is 6.43 Å². The van der Waals surface area contributed by atoms with Gasteiger partial charge in [0, 0.05) is 10.0 Å². The van der Waals surface area contributed by atoms with Crippen LogP contribution in [0.3, 0.4) is 0 Å². The summed E-state index contributed by atoms with van der Waals surface area (Å²) in [4.78, 5) is 0. The second-order valence-corrected chi connectivity index (χ2v) is 4.50. The molecule has 0 amide bonds. The molecule has 0 aliphatic carbocycles. The summed E-state index contributed by atoms with van der Waals surface area (Å²) >= 11 is 11.7. The van der Waals surface area contributed by atoms with E-state index in [2.05, 4.69) is 0 Å². The molecule has 1 atom stereocenters. The maximum atomic E-state index is 12.6. The van der Waals surface area contributed by atoms with E-state index in [1.807, 2.05) is 0 Å². The average Bonchev–Trinajstić information content (AvgIpc) is 2.11. The second-order valence-electron chi connectivity index (χ2n) is 3.68. The van der Waals surface area contributed by atoms with Crippen molar-refractivity contribution in [3.63, 3.8) is 0 Å². The maximum absolute atomic E-state index is 12.6. The highest BCUT2D eigenvalue weighted by Crippen LogP contribution is 2.29. The molecule has 2 N–H and O–H groups in total. The Morgan fingerprint density at radius 3 is 2.20 bits per heavy atom. The van der Waals surface area contributed by atoms with Crippen LogP contribution in [0, 0.1) is 0 Å². The smallest absolute Gasteiger partial charge is 0.256 e. The molecule has 5 heteroatoms. The Morgan fingerprint density at radius 1 is 1.33 bits per heavy atom. The molecule has 84 valence electrons. The standard InChI is InChI=1S/C10H11Cl2F2N/c1-10(15,9(13)14)5-6-7(11)3-2-4-8(6)12/h2-4,9H,5,15H2,1H3. The quantitative estimate of drug-likeness (QED) is 0.877. The molecule has 1 nitrogen and oxygen atoms in total. The van der Waals surface area contributed by atoms with E-state index in [0.29, 0.717) is 15.6 Å². The fourth-order valence-corrected chi connectivity index (χ4v) is 1.69. The zero-order chi connectivity index (χ0) is 11.6. The summed E-state index contributed by atoms with van der Waals surface area (Å²) in [5.74, 6) is 0. The van der Waals surface area contributed by atoms with E-state index in [-0.39, 0.29) is 6.42 Å². The number of benzene rings is 1. The molecule has 1 aromatic rings. The summed E-state index contributed by atoms with van der Waals surface area (Å²) in [7, 11) is 0. The molecular weight excluding hydrogens is 243 g/mol. The van der Waals surface area contributed by atoms with Gasteiger partial charge in [-0.15, -0.1) is 0 Å². The van der Waals surface area contributed by atoms with Crippen molar-refractivity contribution in [2.24, 2.45) is 5.73 Å². The largest absolute Gasteiger partial charge is 0.320 e. The fraction of sp³-hybridized carbons (Fsp3) is 0.400. The Balaban J connectivity index is 2.99. The van der Waals surface area contributed by atoms with Gasteiger partial charge in [0.1, 0.15) is 0 Å². The van der Waals surface area contributed by atoms with Crippen LogP contribution in [0.15, 0.2) is 18.2 Å². The Kier molecular flexibility index (Phi) is 3.93. The van der Waals surface area contributed by atoms with Crippen LogP contribution in [-0.4, -0.2) is 12.0 Å². The van der Waals surface area contributed by atoms with Crippen molar-refractivity contribution in [3.05, 3.63) is 33.8 Å². The number of rotatable bonds is 3. The summed E-state index contributed by atoms with van der Waals surface area (Å²) < 4.78 is 25.1. The minimum Gasteiger partial charge on any atom is -0.320 e. The van der Waals surface area contributed by atoms with Crippen molar-refractivity contribution in [2.45, 2.75) is 25.3 Å². The fourth-order valence-electron chi connectivity index (χ4n) is 1.16. The van der Waals surface area contributed by atoms with Gasteiger partial charge < -0.3 is 5.73 Å². The zero-order valence-corrected chi connectivity index (χ0v) is 9.62. The normalized spacial score (nSPS) is 15.4. The summed E-state index contributed by atoms with van der Waals surface area (Å²) in [6.07, 6.45) is -2.67. The Hall–Kier alpha value is -0.380. The van der Waals surface area contributed by atoms with Crippen molar-refractivity contribution >= 4 is 23.2 Å². The third kappa shape index (κ3) is 3.03. The first-order chi connectivity index (χ1) is 6.84. The zero-order valence-electron chi connectivity index (χ0n) is 8.11. The average molecular weight is 254 g/mol. The van der Waals surface area contributed by atoms with E-state index in [9.17, 15) is 8.78 Å². The first-order valence-corrected chi connectivity index (χ1v) is 5.10. The predicted octanol–water partition coefficient (Wildman–Crippen LogP) is 3.52. The molecule has 15 heavy (non-hydrogen) atoms. The van der Waals surface area contributed by atoms with E-state index in [1.54, 1.807) is 18.2 Å². The highest BCUT2D eigenvalue weighted by molar-refractivity contribution is 6.36. The van der Waals surface area contributed by atoms with Crippen LogP contribution in [0.1, 0.15) is 12.5 Å². The van der Waals surface area contributed by atoms with Crippen LogP contribution < -0.4 is 5.73 Å². The number of halogens is 4. The lowest BCUT2D eigenvalue weighted by atomic mass is 9.94.